The molecule has 0 unspecified atom stereocenters. The minimum atomic E-state index is 0.487. The molecular formula is C35H37NO3. The molecule has 0 spiro atoms. The highest BCUT2D eigenvalue weighted by Crippen LogP contribution is 2.26. The van der Waals surface area contributed by atoms with Gasteiger partial charge in [-0.05, 0) is 75.6 Å². The monoisotopic (exact) mass is 519 g/mol. The van der Waals surface area contributed by atoms with Crippen LogP contribution in [0.1, 0.15) is 30.5 Å². The van der Waals surface area contributed by atoms with Crippen LogP contribution in [0.2, 0.25) is 0 Å². The van der Waals surface area contributed by atoms with Crippen molar-refractivity contribution < 1.29 is 14.2 Å². The van der Waals surface area contributed by atoms with Crippen LogP contribution >= 0.6 is 0 Å². The van der Waals surface area contributed by atoms with Gasteiger partial charge in [0.05, 0.1) is 13.2 Å². The van der Waals surface area contributed by atoms with Gasteiger partial charge in [-0.15, -0.1) is 0 Å². The smallest absolute Gasteiger partial charge is 0.123 e. The van der Waals surface area contributed by atoms with Gasteiger partial charge in [-0.2, -0.15) is 0 Å². The second-order valence-corrected chi connectivity index (χ2v) is 9.83. The molecule has 5 aromatic carbocycles. The second-order valence-electron chi connectivity index (χ2n) is 9.83. The summed E-state index contributed by atoms with van der Waals surface area (Å²) in [6, 6.07) is 35.8. The maximum absolute atomic E-state index is 6.27. The molecule has 4 nitrogen and oxygen atoms in total. The van der Waals surface area contributed by atoms with Crippen LogP contribution in [-0.4, -0.2) is 31.1 Å². The lowest BCUT2D eigenvalue weighted by Crippen LogP contribution is -2.26. The Bertz CT molecular complexity index is 1410. The summed E-state index contributed by atoms with van der Waals surface area (Å²) in [5.74, 6) is 1.56. The van der Waals surface area contributed by atoms with Crippen molar-refractivity contribution in [2.24, 2.45) is 0 Å². The molecule has 39 heavy (non-hydrogen) atoms. The van der Waals surface area contributed by atoms with Gasteiger partial charge in [0.2, 0.25) is 0 Å². The van der Waals surface area contributed by atoms with Crippen molar-refractivity contribution in [1.82, 2.24) is 4.90 Å². The van der Waals surface area contributed by atoms with Crippen molar-refractivity contribution in [3.8, 4) is 11.5 Å². The Kier molecular flexibility index (Phi) is 9.10. The summed E-state index contributed by atoms with van der Waals surface area (Å²) < 4.78 is 18.6. The molecule has 0 aliphatic heterocycles. The lowest BCUT2D eigenvalue weighted by atomic mass is 10.1. The summed E-state index contributed by atoms with van der Waals surface area (Å²) in [6.07, 6.45) is 0. The summed E-state index contributed by atoms with van der Waals surface area (Å²) in [7, 11) is 0. The summed E-state index contributed by atoms with van der Waals surface area (Å²) in [6.45, 7) is 9.53. The molecule has 200 valence electrons. The number of hydrogen-bond donors (Lipinski definition) is 0. The SMILES string of the molecule is CCN(CC)CCOCc1cc(OCc2ccc3ccccc3c2)cc(OCc2ccc3ccccc3c2)c1. The Morgan fingerprint density at radius 2 is 1.03 bits per heavy atom. The van der Waals surface area contributed by atoms with Crippen LogP contribution in [0.15, 0.2) is 103 Å². The molecule has 0 aromatic heterocycles. The van der Waals surface area contributed by atoms with E-state index in [0.717, 1.165) is 47.8 Å². The zero-order chi connectivity index (χ0) is 26.9. The highest BCUT2D eigenvalue weighted by Gasteiger charge is 2.07. The number of nitrogens with zero attached hydrogens (tertiary/aromatic N) is 1. The Morgan fingerprint density at radius 3 is 1.54 bits per heavy atom. The number of fused-ring (bicyclic) bond motifs is 2. The van der Waals surface area contributed by atoms with Gasteiger partial charge in [0.25, 0.3) is 0 Å². The largest absolute Gasteiger partial charge is 0.489 e. The topological polar surface area (TPSA) is 30.9 Å². The zero-order valence-corrected chi connectivity index (χ0v) is 22.9. The number of benzene rings is 5. The third kappa shape index (κ3) is 7.38. The van der Waals surface area contributed by atoms with E-state index in [0.29, 0.717) is 26.4 Å². The molecule has 0 saturated carbocycles. The normalized spacial score (nSPS) is 11.4. The lowest BCUT2D eigenvalue weighted by Gasteiger charge is -2.18. The zero-order valence-electron chi connectivity index (χ0n) is 22.9. The van der Waals surface area contributed by atoms with Crippen molar-refractivity contribution in [3.63, 3.8) is 0 Å². The van der Waals surface area contributed by atoms with E-state index >= 15 is 0 Å². The molecule has 5 aromatic rings. The van der Waals surface area contributed by atoms with Crippen LogP contribution < -0.4 is 9.47 Å². The van der Waals surface area contributed by atoms with E-state index in [1.807, 2.05) is 6.07 Å². The van der Waals surface area contributed by atoms with Crippen LogP contribution in [0.5, 0.6) is 11.5 Å². The minimum absolute atomic E-state index is 0.487. The average molecular weight is 520 g/mol. The van der Waals surface area contributed by atoms with Gasteiger partial charge in [-0.1, -0.05) is 86.6 Å². The lowest BCUT2D eigenvalue weighted by molar-refractivity contribution is 0.0952. The molecule has 0 radical (unpaired) electrons. The average Bonchev–Trinajstić information content (AvgIpc) is 2.99. The van der Waals surface area contributed by atoms with Gasteiger partial charge < -0.3 is 19.1 Å². The summed E-state index contributed by atoms with van der Waals surface area (Å²) >= 11 is 0. The van der Waals surface area contributed by atoms with Gasteiger partial charge in [0.15, 0.2) is 0 Å². The summed E-state index contributed by atoms with van der Waals surface area (Å²) in [5.41, 5.74) is 3.31. The molecule has 0 heterocycles. The molecular weight excluding hydrogens is 482 g/mol. The van der Waals surface area contributed by atoms with E-state index in [-0.39, 0.29) is 0 Å². The van der Waals surface area contributed by atoms with Crippen molar-refractivity contribution in [2.45, 2.75) is 33.7 Å². The van der Waals surface area contributed by atoms with E-state index in [4.69, 9.17) is 14.2 Å². The van der Waals surface area contributed by atoms with E-state index in [2.05, 4.69) is 116 Å². The van der Waals surface area contributed by atoms with Crippen molar-refractivity contribution in [3.05, 3.63) is 120 Å². The maximum Gasteiger partial charge on any atom is 0.123 e. The van der Waals surface area contributed by atoms with E-state index < -0.39 is 0 Å². The van der Waals surface area contributed by atoms with Gasteiger partial charge in [0.1, 0.15) is 24.7 Å². The van der Waals surface area contributed by atoms with E-state index in [9.17, 15) is 0 Å². The first kappa shape index (κ1) is 26.7. The third-order valence-electron chi connectivity index (χ3n) is 7.09. The summed E-state index contributed by atoms with van der Waals surface area (Å²) in [4.78, 5) is 2.36. The Hall–Kier alpha value is -3.86. The number of hydrogen-bond acceptors (Lipinski definition) is 4. The molecule has 5 rings (SSSR count). The van der Waals surface area contributed by atoms with Gasteiger partial charge in [0, 0.05) is 12.6 Å². The highest BCUT2D eigenvalue weighted by molar-refractivity contribution is 5.83. The summed E-state index contributed by atoms with van der Waals surface area (Å²) in [5, 5.41) is 4.89. The third-order valence-corrected chi connectivity index (χ3v) is 7.09. The van der Waals surface area contributed by atoms with Gasteiger partial charge >= 0.3 is 0 Å². The molecule has 0 amide bonds. The number of rotatable bonds is 13. The number of ether oxygens (including phenoxy) is 3. The molecule has 0 saturated heterocycles. The van der Waals surface area contributed by atoms with E-state index in [1.54, 1.807) is 0 Å². The number of likely N-dealkylation sites (N-methyl/N-ethyl adjacent to an activating group) is 1. The first-order valence-electron chi connectivity index (χ1n) is 13.8. The predicted molar refractivity (Wildman–Crippen MR) is 160 cm³/mol. The van der Waals surface area contributed by atoms with Gasteiger partial charge in [-0.25, -0.2) is 0 Å². The standard InChI is InChI=1S/C35H37NO3/c1-3-36(4-2)17-18-37-24-29-21-34(38-25-27-13-15-30-9-5-7-11-32(30)19-27)23-35(22-29)39-26-28-14-16-31-10-6-8-12-33(31)20-28/h5-16,19-23H,3-4,17-18,24-26H2,1-2H3. The highest BCUT2D eigenvalue weighted by atomic mass is 16.5. The van der Waals surface area contributed by atoms with Crippen LogP contribution in [-0.2, 0) is 24.6 Å². The van der Waals surface area contributed by atoms with E-state index in [1.165, 1.54) is 21.5 Å². The van der Waals surface area contributed by atoms with Gasteiger partial charge in [-0.3, -0.25) is 0 Å². The Balaban J connectivity index is 1.28. The predicted octanol–water partition coefficient (Wildman–Crippen LogP) is 8.01. The first-order valence-corrected chi connectivity index (χ1v) is 13.8. The molecule has 0 aliphatic carbocycles. The van der Waals surface area contributed by atoms with Crippen LogP contribution in [0.3, 0.4) is 0 Å². The fourth-order valence-corrected chi connectivity index (χ4v) is 4.79. The molecule has 0 aliphatic rings. The maximum atomic E-state index is 6.27. The Labute approximate surface area is 231 Å². The van der Waals surface area contributed by atoms with Crippen molar-refractivity contribution in [2.75, 3.05) is 26.2 Å². The quantitative estimate of drug-likeness (QED) is 0.147. The minimum Gasteiger partial charge on any atom is -0.489 e. The van der Waals surface area contributed by atoms with Crippen LogP contribution in [0.25, 0.3) is 21.5 Å². The van der Waals surface area contributed by atoms with Crippen LogP contribution in [0, 0.1) is 0 Å². The van der Waals surface area contributed by atoms with Crippen molar-refractivity contribution >= 4 is 21.5 Å². The van der Waals surface area contributed by atoms with Crippen LogP contribution in [0.4, 0.5) is 0 Å². The molecule has 0 atom stereocenters. The first-order chi connectivity index (χ1) is 19.2. The fraction of sp³-hybridized carbons (Fsp3) is 0.257. The van der Waals surface area contributed by atoms with Crippen molar-refractivity contribution in [1.29, 1.82) is 0 Å². The fourth-order valence-electron chi connectivity index (χ4n) is 4.79. The molecule has 0 fully saturated rings. The molecule has 4 heteroatoms. The molecule has 0 N–H and O–H groups in total. The second kappa shape index (κ2) is 13.3. The molecule has 0 bridgehead atoms. The Morgan fingerprint density at radius 1 is 0.513 bits per heavy atom.